The topological polar surface area (TPSA) is 60.2 Å². The van der Waals surface area contributed by atoms with Crippen LogP contribution in [-0.2, 0) is 6.42 Å². The number of rotatable bonds is 4. The average Bonchev–Trinajstić information content (AvgIpc) is 2.51. The van der Waals surface area contributed by atoms with E-state index in [0.29, 0.717) is 24.2 Å². The number of hydrogen-bond acceptors (Lipinski definition) is 4. The summed E-state index contributed by atoms with van der Waals surface area (Å²) >= 11 is 0. The molecule has 1 atom stereocenters. The van der Waals surface area contributed by atoms with Crippen LogP contribution < -0.4 is 15.8 Å². The lowest BCUT2D eigenvalue weighted by molar-refractivity contribution is 0.329. The zero-order valence-electron chi connectivity index (χ0n) is 12.3. The van der Waals surface area contributed by atoms with E-state index in [1.807, 2.05) is 19.1 Å². The molecule has 0 radical (unpaired) electrons. The standard InChI is InChI=1S/C17H21N3O/c1-2-21-17-14(18)10-11-16(20-17)19-15-9-5-7-12-6-3-4-8-13(12)15/h3-4,6,8,10-11,15H,2,5,7,9,18H2,1H3,(H,19,20). The maximum atomic E-state index is 5.87. The van der Waals surface area contributed by atoms with Gasteiger partial charge in [-0.15, -0.1) is 0 Å². The third-order valence-corrected chi connectivity index (χ3v) is 3.86. The minimum atomic E-state index is 0.306. The molecule has 2 aromatic rings. The first-order valence-corrected chi connectivity index (χ1v) is 7.51. The Morgan fingerprint density at radius 3 is 3.00 bits per heavy atom. The molecular weight excluding hydrogens is 262 g/mol. The molecule has 4 heteroatoms. The molecule has 21 heavy (non-hydrogen) atoms. The molecule has 3 rings (SSSR count). The zero-order chi connectivity index (χ0) is 14.7. The summed E-state index contributed by atoms with van der Waals surface area (Å²) in [6.07, 6.45) is 3.47. The van der Waals surface area contributed by atoms with Crippen LogP contribution in [-0.4, -0.2) is 11.6 Å². The van der Waals surface area contributed by atoms with Gasteiger partial charge in [0, 0.05) is 0 Å². The molecule has 110 valence electrons. The lowest BCUT2D eigenvalue weighted by atomic mass is 9.88. The van der Waals surface area contributed by atoms with Crippen molar-refractivity contribution < 1.29 is 4.74 Å². The number of hydrogen-bond donors (Lipinski definition) is 2. The van der Waals surface area contributed by atoms with E-state index < -0.39 is 0 Å². The van der Waals surface area contributed by atoms with Crippen molar-refractivity contribution in [3.8, 4) is 5.88 Å². The van der Waals surface area contributed by atoms with Crippen molar-refractivity contribution in [1.29, 1.82) is 0 Å². The highest BCUT2D eigenvalue weighted by atomic mass is 16.5. The Morgan fingerprint density at radius 1 is 1.29 bits per heavy atom. The van der Waals surface area contributed by atoms with E-state index in [2.05, 4.69) is 34.6 Å². The maximum absolute atomic E-state index is 5.87. The van der Waals surface area contributed by atoms with Gasteiger partial charge in [0.1, 0.15) is 5.82 Å². The second-order valence-electron chi connectivity index (χ2n) is 5.31. The monoisotopic (exact) mass is 283 g/mol. The van der Waals surface area contributed by atoms with Gasteiger partial charge in [-0.2, -0.15) is 4.98 Å². The number of aromatic nitrogens is 1. The first kappa shape index (κ1) is 13.7. The Bertz CT molecular complexity index is 627. The highest BCUT2D eigenvalue weighted by Crippen LogP contribution is 2.32. The Labute approximate surface area is 125 Å². The fourth-order valence-corrected chi connectivity index (χ4v) is 2.87. The van der Waals surface area contributed by atoms with Gasteiger partial charge in [0.2, 0.25) is 5.88 Å². The second kappa shape index (κ2) is 6.04. The zero-order valence-corrected chi connectivity index (χ0v) is 12.3. The smallest absolute Gasteiger partial charge is 0.239 e. The van der Waals surface area contributed by atoms with Crippen molar-refractivity contribution in [2.75, 3.05) is 17.7 Å². The lowest BCUT2D eigenvalue weighted by Gasteiger charge is -2.27. The van der Waals surface area contributed by atoms with Crippen LogP contribution in [0.5, 0.6) is 5.88 Å². The predicted octanol–water partition coefficient (Wildman–Crippen LogP) is 3.55. The number of nitrogens with one attached hydrogen (secondary N) is 1. The van der Waals surface area contributed by atoms with E-state index in [0.717, 1.165) is 18.7 Å². The Morgan fingerprint density at radius 2 is 2.14 bits per heavy atom. The van der Waals surface area contributed by atoms with E-state index in [-0.39, 0.29) is 0 Å². The van der Waals surface area contributed by atoms with Crippen LogP contribution >= 0.6 is 0 Å². The fourth-order valence-electron chi connectivity index (χ4n) is 2.87. The average molecular weight is 283 g/mol. The number of aryl methyl sites for hydroxylation is 1. The summed E-state index contributed by atoms with van der Waals surface area (Å²) in [4.78, 5) is 4.47. The first-order chi connectivity index (χ1) is 10.3. The number of pyridine rings is 1. The molecule has 0 amide bonds. The fraction of sp³-hybridized carbons (Fsp3) is 0.353. The van der Waals surface area contributed by atoms with Crippen molar-refractivity contribution in [1.82, 2.24) is 4.98 Å². The third-order valence-electron chi connectivity index (χ3n) is 3.86. The van der Waals surface area contributed by atoms with E-state index in [1.54, 1.807) is 0 Å². The SMILES string of the molecule is CCOc1nc(NC2CCCc3ccccc32)ccc1N. The molecule has 3 N–H and O–H groups in total. The summed E-state index contributed by atoms with van der Waals surface area (Å²) in [6, 6.07) is 12.7. The van der Waals surface area contributed by atoms with Gasteiger partial charge in [-0.3, -0.25) is 0 Å². The number of nitrogens with zero attached hydrogens (tertiary/aromatic N) is 1. The minimum absolute atomic E-state index is 0.306. The number of nitrogen functional groups attached to an aromatic ring is 1. The summed E-state index contributed by atoms with van der Waals surface area (Å²) in [5.41, 5.74) is 9.25. The second-order valence-corrected chi connectivity index (χ2v) is 5.31. The van der Waals surface area contributed by atoms with Crippen molar-refractivity contribution in [2.24, 2.45) is 0 Å². The highest BCUT2D eigenvalue weighted by molar-refractivity contribution is 5.54. The van der Waals surface area contributed by atoms with Gasteiger partial charge in [0.25, 0.3) is 0 Å². The third kappa shape index (κ3) is 2.94. The molecule has 1 unspecified atom stereocenters. The van der Waals surface area contributed by atoms with Crippen molar-refractivity contribution in [3.05, 3.63) is 47.5 Å². The Hall–Kier alpha value is -2.23. The largest absolute Gasteiger partial charge is 0.476 e. The number of benzene rings is 1. The quantitative estimate of drug-likeness (QED) is 0.901. The molecule has 1 aromatic heterocycles. The van der Waals surface area contributed by atoms with Crippen molar-refractivity contribution >= 4 is 11.5 Å². The molecule has 0 spiro atoms. The van der Waals surface area contributed by atoms with Crippen LogP contribution in [0.4, 0.5) is 11.5 Å². The number of ether oxygens (including phenoxy) is 1. The molecular formula is C17H21N3O. The maximum Gasteiger partial charge on any atom is 0.239 e. The van der Waals surface area contributed by atoms with Crippen LogP contribution in [0.3, 0.4) is 0 Å². The van der Waals surface area contributed by atoms with Crippen LogP contribution in [0.25, 0.3) is 0 Å². The normalized spacial score (nSPS) is 17.1. The highest BCUT2D eigenvalue weighted by Gasteiger charge is 2.20. The van der Waals surface area contributed by atoms with Crippen LogP contribution in [0.2, 0.25) is 0 Å². The molecule has 0 saturated carbocycles. The molecule has 1 aliphatic carbocycles. The van der Waals surface area contributed by atoms with Gasteiger partial charge in [0.15, 0.2) is 0 Å². The van der Waals surface area contributed by atoms with Gasteiger partial charge < -0.3 is 15.8 Å². The Kier molecular flexibility index (Phi) is 3.95. The van der Waals surface area contributed by atoms with Gasteiger partial charge in [-0.05, 0) is 49.4 Å². The lowest BCUT2D eigenvalue weighted by Crippen LogP contribution is -2.18. The molecule has 1 aliphatic rings. The van der Waals surface area contributed by atoms with Crippen molar-refractivity contribution in [2.45, 2.75) is 32.2 Å². The van der Waals surface area contributed by atoms with E-state index in [1.165, 1.54) is 17.5 Å². The number of nitrogens with two attached hydrogens (primary N) is 1. The Balaban J connectivity index is 1.83. The molecule has 0 fully saturated rings. The van der Waals surface area contributed by atoms with Gasteiger partial charge in [-0.25, -0.2) is 0 Å². The molecule has 4 nitrogen and oxygen atoms in total. The summed E-state index contributed by atoms with van der Waals surface area (Å²) in [5, 5.41) is 3.52. The molecule has 0 aliphatic heterocycles. The molecule has 0 saturated heterocycles. The minimum Gasteiger partial charge on any atom is -0.476 e. The molecule has 1 heterocycles. The van der Waals surface area contributed by atoms with E-state index in [9.17, 15) is 0 Å². The van der Waals surface area contributed by atoms with Crippen molar-refractivity contribution in [3.63, 3.8) is 0 Å². The summed E-state index contributed by atoms with van der Waals surface area (Å²) in [5.74, 6) is 1.32. The van der Waals surface area contributed by atoms with Gasteiger partial charge in [0.05, 0.1) is 18.3 Å². The van der Waals surface area contributed by atoms with Crippen LogP contribution in [0.15, 0.2) is 36.4 Å². The summed E-state index contributed by atoms with van der Waals surface area (Å²) in [7, 11) is 0. The summed E-state index contributed by atoms with van der Waals surface area (Å²) < 4.78 is 5.46. The number of anilines is 2. The molecule has 0 bridgehead atoms. The predicted molar refractivity (Wildman–Crippen MR) is 85.6 cm³/mol. The molecule has 1 aromatic carbocycles. The first-order valence-electron chi connectivity index (χ1n) is 7.51. The summed E-state index contributed by atoms with van der Waals surface area (Å²) in [6.45, 7) is 2.49. The van der Waals surface area contributed by atoms with Gasteiger partial charge in [-0.1, -0.05) is 24.3 Å². The van der Waals surface area contributed by atoms with Crippen LogP contribution in [0, 0.1) is 0 Å². The van der Waals surface area contributed by atoms with Crippen LogP contribution in [0.1, 0.15) is 36.9 Å². The van der Waals surface area contributed by atoms with E-state index >= 15 is 0 Å². The van der Waals surface area contributed by atoms with E-state index in [4.69, 9.17) is 10.5 Å². The number of fused-ring (bicyclic) bond motifs is 1. The van der Waals surface area contributed by atoms with Gasteiger partial charge >= 0.3 is 0 Å².